The van der Waals surface area contributed by atoms with Crippen LogP contribution in [0.15, 0.2) is 36.7 Å². The number of hydrogen-bond acceptors (Lipinski definition) is 5. The van der Waals surface area contributed by atoms with Crippen LogP contribution in [0.2, 0.25) is 0 Å². The molecule has 1 saturated carbocycles. The van der Waals surface area contributed by atoms with Crippen LogP contribution < -0.4 is 15.8 Å². The van der Waals surface area contributed by atoms with Crippen LogP contribution in [0.5, 0.6) is 11.5 Å². The summed E-state index contributed by atoms with van der Waals surface area (Å²) in [5, 5.41) is 13.5. The van der Waals surface area contributed by atoms with Crippen molar-refractivity contribution in [3.63, 3.8) is 0 Å². The molecule has 4 rings (SSSR count). The number of hydrogen-bond donors (Lipinski definition) is 4. The lowest BCUT2D eigenvalue weighted by molar-refractivity contribution is -0.125. The van der Waals surface area contributed by atoms with E-state index in [2.05, 4.69) is 15.3 Å². The molecule has 2 heterocycles. The summed E-state index contributed by atoms with van der Waals surface area (Å²) in [5.74, 6) is -0.268. The molecule has 0 radical (unpaired) electrons. The van der Waals surface area contributed by atoms with E-state index in [4.69, 9.17) is 10.5 Å². The largest absolute Gasteiger partial charge is 0.453 e. The smallest absolute Gasteiger partial charge is 0.237 e. The Labute approximate surface area is 186 Å². The summed E-state index contributed by atoms with van der Waals surface area (Å²) in [4.78, 5) is 19.9. The molecule has 1 aromatic carbocycles. The number of fused-ring (bicyclic) bond motifs is 1. The minimum atomic E-state index is -0.839. The standard InChI is InChI=1S/C24H29FN4O3/c1-15-13-28-22-21(15)20(7-10-27-22)32-19-6-5-16(11-17(19)25)12-18(26)23(31)29-24(14-30)8-3-2-4-9-24/h5-7,10-11,13,18,30H,2-4,8-9,12,14,26H2,1H3,(H,27,28)(H,29,31). The Kier molecular flexibility index (Phi) is 6.43. The molecule has 32 heavy (non-hydrogen) atoms. The van der Waals surface area contributed by atoms with Gasteiger partial charge in [0.15, 0.2) is 11.6 Å². The number of carbonyl (C=O) groups excluding carboxylic acids is 1. The zero-order valence-corrected chi connectivity index (χ0v) is 18.2. The number of rotatable bonds is 7. The Morgan fingerprint density at radius 1 is 1.31 bits per heavy atom. The van der Waals surface area contributed by atoms with Crippen LogP contribution in [0.1, 0.15) is 43.2 Å². The Hall–Kier alpha value is -2.97. The quantitative estimate of drug-likeness (QED) is 0.449. The van der Waals surface area contributed by atoms with E-state index in [1.54, 1.807) is 24.4 Å². The minimum Gasteiger partial charge on any atom is -0.453 e. The maximum absolute atomic E-state index is 14.8. The summed E-state index contributed by atoms with van der Waals surface area (Å²) >= 11 is 0. The number of aromatic nitrogens is 2. The van der Waals surface area contributed by atoms with Crippen molar-refractivity contribution >= 4 is 16.9 Å². The first-order valence-corrected chi connectivity index (χ1v) is 11.0. The number of carbonyl (C=O) groups is 1. The van der Waals surface area contributed by atoms with E-state index in [0.29, 0.717) is 17.0 Å². The number of nitrogens with one attached hydrogen (secondary N) is 2. The second-order valence-electron chi connectivity index (χ2n) is 8.67. The lowest BCUT2D eigenvalue weighted by atomic mass is 9.82. The molecule has 1 aliphatic carbocycles. The molecule has 1 fully saturated rings. The van der Waals surface area contributed by atoms with Crippen LogP contribution in [0.25, 0.3) is 11.0 Å². The molecule has 170 valence electrons. The number of aliphatic hydroxyl groups is 1. The molecule has 0 bridgehead atoms. The van der Waals surface area contributed by atoms with Crippen molar-refractivity contribution in [2.75, 3.05) is 6.61 Å². The van der Waals surface area contributed by atoms with E-state index in [-0.39, 0.29) is 24.7 Å². The molecule has 0 saturated heterocycles. The molecule has 1 aliphatic rings. The average molecular weight is 441 g/mol. The summed E-state index contributed by atoms with van der Waals surface area (Å²) in [6.07, 6.45) is 8.13. The molecule has 1 amide bonds. The number of aromatic amines is 1. The number of H-pyrrole nitrogens is 1. The van der Waals surface area contributed by atoms with Crippen molar-refractivity contribution in [1.82, 2.24) is 15.3 Å². The third-order valence-corrected chi connectivity index (χ3v) is 6.24. The molecule has 7 nitrogen and oxygen atoms in total. The van der Waals surface area contributed by atoms with E-state index >= 15 is 0 Å². The highest BCUT2D eigenvalue weighted by Crippen LogP contribution is 2.32. The molecule has 0 aliphatic heterocycles. The lowest BCUT2D eigenvalue weighted by Gasteiger charge is -2.37. The number of benzene rings is 1. The van der Waals surface area contributed by atoms with Crippen LogP contribution in [0, 0.1) is 12.7 Å². The number of ether oxygens (including phenoxy) is 1. The Bertz CT molecular complexity index is 1110. The third-order valence-electron chi connectivity index (χ3n) is 6.24. The van der Waals surface area contributed by atoms with Crippen LogP contribution in [-0.4, -0.2) is 39.2 Å². The van der Waals surface area contributed by atoms with Crippen molar-refractivity contribution < 1.29 is 19.0 Å². The first-order valence-electron chi connectivity index (χ1n) is 11.0. The fourth-order valence-corrected chi connectivity index (χ4v) is 4.39. The molecule has 1 unspecified atom stereocenters. The van der Waals surface area contributed by atoms with Gasteiger partial charge in [0.2, 0.25) is 5.91 Å². The summed E-state index contributed by atoms with van der Waals surface area (Å²) in [6, 6.07) is 5.44. The fourth-order valence-electron chi connectivity index (χ4n) is 4.39. The molecule has 1 atom stereocenters. The number of amides is 1. The van der Waals surface area contributed by atoms with Gasteiger partial charge in [0.1, 0.15) is 11.4 Å². The van der Waals surface area contributed by atoms with Gasteiger partial charge < -0.3 is 25.9 Å². The van der Waals surface area contributed by atoms with Crippen LogP contribution >= 0.6 is 0 Å². The van der Waals surface area contributed by atoms with Gasteiger partial charge >= 0.3 is 0 Å². The van der Waals surface area contributed by atoms with Gasteiger partial charge in [-0.2, -0.15) is 0 Å². The Morgan fingerprint density at radius 3 is 2.81 bits per heavy atom. The summed E-state index contributed by atoms with van der Waals surface area (Å²) in [6.45, 7) is 1.82. The van der Waals surface area contributed by atoms with Gasteiger partial charge in [0.05, 0.1) is 23.6 Å². The van der Waals surface area contributed by atoms with Gasteiger partial charge in [-0.15, -0.1) is 0 Å². The lowest BCUT2D eigenvalue weighted by Crippen LogP contribution is -2.57. The van der Waals surface area contributed by atoms with E-state index in [1.807, 2.05) is 13.1 Å². The summed E-state index contributed by atoms with van der Waals surface area (Å²) in [5.41, 5.74) is 7.73. The number of aryl methyl sites for hydroxylation is 1. The van der Waals surface area contributed by atoms with E-state index in [1.165, 1.54) is 6.07 Å². The van der Waals surface area contributed by atoms with Gasteiger partial charge in [-0.3, -0.25) is 4.79 Å². The van der Waals surface area contributed by atoms with Crippen LogP contribution in [-0.2, 0) is 11.2 Å². The highest BCUT2D eigenvalue weighted by molar-refractivity contribution is 5.86. The van der Waals surface area contributed by atoms with Gasteiger partial charge in [-0.25, -0.2) is 9.37 Å². The Morgan fingerprint density at radius 2 is 2.09 bits per heavy atom. The average Bonchev–Trinajstić information content (AvgIpc) is 3.18. The topological polar surface area (TPSA) is 113 Å². The van der Waals surface area contributed by atoms with Crippen molar-refractivity contribution in [1.29, 1.82) is 0 Å². The molecule has 5 N–H and O–H groups in total. The maximum Gasteiger partial charge on any atom is 0.237 e. The van der Waals surface area contributed by atoms with Crippen molar-refractivity contribution in [3.05, 3.63) is 53.6 Å². The predicted molar refractivity (Wildman–Crippen MR) is 120 cm³/mol. The van der Waals surface area contributed by atoms with Gasteiger partial charge in [-0.1, -0.05) is 25.3 Å². The van der Waals surface area contributed by atoms with E-state index in [0.717, 1.165) is 43.1 Å². The second-order valence-corrected chi connectivity index (χ2v) is 8.67. The zero-order valence-electron chi connectivity index (χ0n) is 18.2. The van der Waals surface area contributed by atoms with Crippen LogP contribution in [0.3, 0.4) is 0 Å². The Balaban J connectivity index is 1.44. The molecule has 8 heteroatoms. The molecule has 2 aromatic heterocycles. The number of nitrogens with zero attached hydrogens (tertiary/aromatic N) is 1. The first kappa shape index (κ1) is 22.2. The van der Waals surface area contributed by atoms with Gasteiger partial charge in [0, 0.05) is 12.4 Å². The normalized spacial score (nSPS) is 16.6. The maximum atomic E-state index is 14.8. The molecular weight excluding hydrogens is 411 g/mol. The number of pyridine rings is 1. The number of nitrogens with two attached hydrogens (primary N) is 1. The predicted octanol–water partition coefficient (Wildman–Crippen LogP) is 3.48. The molecule has 3 aromatic rings. The first-order chi connectivity index (χ1) is 15.4. The van der Waals surface area contributed by atoms with Crippen molar-refractivity contribution in [2.45, 2.75) is 57.0 Å². The van der Waals surface area contributed by atoms with E-state index in [9.17, 15) is 14.3 Å². The van der Waals surface area contributed by atoms with Crippen molar-refractivity contribution in [2.24, 2.45) is 5.73 Å². The second kappa shape index (κ2) is 9.26. The van der Waals surface area contributed by atoms with Crippen molar-refractivity contribution in [3.8, 4) is 11.5 Å². The number of halogens is 1. The minimum absolute atomic E-state index is 0.0845. The summed E-state index contributed by atoms with van der Waals surface area (Å²) in [7, 11) is 0. The molecule has 0 spiro atoms. The number of aliphatic hydroxyl groups excluding tert-OH is 1. The van der Waals surface area contributed by atoms with Crippen LogP contribution in [0.4, 0.5) is 4.39 Å². The molecular formula is C24H29FN4O3. The zero-order chi connectivity index (χ0) is 22.7. The fraction of sp³-hybridized carbons (Fsp3) is 0.417. The highest BCUT2D eigenvalue weighted by atomic mass is 19.1. The third kappa shape index (κ3) is 4.61. The SMILES string of the molecule is Cc1c[nH]c2nccc(Oc3ccc(CC(N)C(=O)NC4(CO)CCCCC4)cc3F)c12. The van der Waals surface area contributed by atoms with Gasteiger partial charge in [0.25, 0.3) is 0 Å². The van der Waals surface area contributed by atoms with Gasteiger partial charge in [-0.05, 0) is 55.5 Å². The highest BCUT2D eigenvalue weighted by Gasteiger charge is 2.34. The summed E-state index contributed by atoms with van der Waals surface area (Å²) < 4.78 is 20.6. The monoisotopic (exact) mass is 440 g/mol. The van der Waals surface area contributed by atoms with E-state index < -0.39 is 17.4 Å².